The zero-order chi connectivity index (χ0) is 21.6. The number of carbonyl (C=O) groups is 1. The Hall–Kier alpha value is -2.60. The van der Waals surface area contributed by atoms with E-state index in [-0.39, 0.29) is 11.2 Å². The summed E-state index contributed by atoms with van der Waals surface area (Å²) in [5.41, 5.74) is 1.73. The van der Waals surface area contributed by atoms with Gasteiger partial charge in [0, 0.05) is 23.8 Å². The highest BCUT2D eigenvalue weighted by molar-refractivity contribution is 8.00. The molecule has 31 heavy (non-hydrogen) atoms. The molecule has 0 saturated heterocycles. The van der Waals surface area contributed by atoms with Gasteiger partial charge in [-0.05, 0) is 51.0 Å². The molecule has 5 nitrogen and oxygen atoms in total. The Labute approximate surface area is 188 Å². The lowest BCUT2D eigenvalue weighted by Gasteiger charge is -2.26. The van der Waals surface area contributed by atoms with Crippen LogP contribution in [0.2, 0.25) is 0 Å². The molecule has 1 aliphatic rings. The van der Waals surface area contributed by atoms with E-state index >= 15 is 0 Å². The van der Waals surface area contributed by atoms with E-state index in [0.717, 1.165) is 28.9 Å². The van der Waals surface area contributed by atoms with Crippen molar-refractivity contribution >= 4 is 29.0 Å². The molecular weight excluding hydrogens is 404 g/mol. The highest BCUT2D eigenvalue weighted by atomic mass is 32.2. The van der Waals surface area contributed by atoms with Crippen molar-refractivity contribution in [3.63, 3.8) is 0 Å². The smallest absolute Gasteiger partial charge is 0.244 e. The van der Waals surface area contributed by atoms with Crippen LogP contribution in [0.5, 0.6) is 0 Å². The van der Waals surface area contributed by atoms with E-state index < -0.39 is 0 Å². The van der Waals surface area contributed by atoms with E-state index in [2.05, 4.69) is 21.7 Å². The maximum atomic E-state index is 13.6. The number of hydrogen-bond acceptors (Lipinski definition) is 4. The average Bonchev–Trinajstić information content (AvgIpc) is 3.23. The van der Waals surface area contributed by atoms with E-state index in [1.807, 2.05) is 67.6 Å². The summed E-state index contributed by atoms with van der Waals surface area (Å²) in [6, 6.07) is 19.6. The number of anilines is 2. The van der Waals surface area contributed by atoms with Gasteiger partial charge >= 0.3 is 0 Å². The molecule has 1 atom stereocenters. The zero-order valence-electron chi connectivity index (χ0n) is 18.3. The van der Waals surface area contributed by atoms with Gasteiger partial charge in [0.2, 0.25) is 5.91 Å². The summed E-state index contributed by atoms with van der Waals surface area (Å²) in [4.78, 5) is 15.4. The number of hydrogen-bond donors (Lipinski definition) is 0. The minimum atomic E-state index is -0.297. The van der Waals surface area contributed by atoms with Gasteiger partial charge in [-0.2, -0.15) is 0 Å². The fraction of sp³-hybridized carbons (Fsp3) is 0.400. The molecule has 0 N–H and O–H groups in total. The Bertz CT molecular complexity index is 944. The third-order valence-electron chi connectivity index (χ3n) is 5.91. The van der Waals surface area contributed by atoms with Gasteiger partial charge in [0.1, 0.15) is 5.82 Å². The van der Waals surface area contributed by atoms with Crippen molar-refractivity contribution < 1.29 is 4.79 Å². The highest BCUT2D eigenvalue weighted by Gasteiger charge is 2.28. The third kappa shape index (κ3) is 4.85. The second-order valence-electron chi connectivity index (χ2n) is 8.02. The van der Waals surface area contributed by atoms with Gasteiger partial charge < -0.3 is 4.57 Å². The number of thioether (sulfide) groups is 1. The van der Waals surface area contributed by atoms with Crippen molar-refractivity contribution in [1.82, 2.24) is 14.8 Å². The molecule has 1 amide bonds. The molecule has 0 radical (unpaired) electrons. The van der Waals surface area contributed by atoms with Crippen LogP contribution in [0.15, 0.2) is 65.8 Å². The minimum Gasteiger partial charge on any atom is -0.306 e. The Kier molecular flexibility index (Phi) is 7.07. The lowest BCUT2D eigenvalue weighted by Crippen LogP contribution is -2.33. The summed E-state index contributed by atoms with van der Waals surface area (Å²) < 4.78 is 2.21. The van der Waals surface area contributed by atoms with Crippen molar-refractivity contribution in [1.29, 1.82) is 0 Å². The monoisotopic (exact) mass is 434 g/mol. The topological polar surface area (TPSA) is 51.0 Å². The first-order chi connectivity index (χ1) is 15.2. The number of aromatic nitrogens is 3. The summed E-state index contributed by atoms with van der Waals surface area (Å²) in [6.45, 7) is 4.91. The molecule has 1 fully saturated rings. The van der Waals surface area contributed by atoms with Crippen LogP contribution in [0, 0.1) is 0 Å². The Morgan fingerprint density at radius 2 is 1.58 bits per heavy atom. The third-order valence-corrected chi connectivity index (χ3v) is 6.98. The Morgan fingerprint density at radius 3 is 2.13 bits per heavy atom. The summed E-state index contributed by atoms with van der Waals surface area (Å²) in [6.07, 6.45) is 6.22. The van der Waals surface area contributed by atoms with Crippen molar-refractivity contribution in [3.8, 4) is 0 Å². The van der Waals surface area contributed by atoms with E-state index in [4.69, 9.17) is 0 Å². The van der Waals surface area contributed by atoms with Crippen LogP contribution < -0.4 is 4.90 Å². The SMILES string of the molecule is CCn1c(S[C@H](C)C(=O)N(c2ccccc2)c2ccccc2)nnc1C1CCCCC1. The molecule has 1 saturated carbocycles. The minimum absolute atomic E-state index is 0.0345. The normalized spacial score (nSPS) is 15.5. The number of nitrogens with zero attached hydrogens (tertiary/aromatic N) is 4. The van der Waals surface area contributed by atoms with E-state index in [9.17, 15) is 4.79 Å². The van der Waals surface area contributed by atoms with Gasteiger partial charge in [-0.25, -0.2) is 0 Å². The molecule has 0 aliphatic heterocycles. The van der Waals surface area contributed by atoms with E-state index in [1.165, 1.54) is 43.9 Å². The number of amides is 1. The molecular formula is C25H30N4OS. The predicted molar refractivity (Wildman–Crippen MR) is 127 cm³/mol. The average molecular weight is 435 g/mol. The zero-order valence-corrected chi connectivity index (χ0v) is 19.1. The molecule has 6 heteroatoms. The van der Waals surface area contributed by atoms with Gasteiger partial charge in [-0.3, -0.25) is 9.69 Å². The van der Waals surface area contributed by atoms with Crippen LogP contribution in [0.25, 0.3) is 0 Å². The summed E-state index contributed by atoms with van der Waals surface area (Å²) in [7, 11) is 0. The summed E-state index contributed by atoms with van der Waals surface area (Å²) >= 11 is 1.50. The largest absolute Gasteiger partial charge is 0.306 e. The number of carbonyl (C=O) groups excluding carboxylic acids is 1. The fourth-order valence-corrected chi connectivity index (χ4v) is 5.26. The highest BCUT2D eigenvalue weighted by Crippen LogP contribution is 2.35. The summed E-state index contributed by atoms with van der Waals surface area (Å²) in [5.74, 6) is 1.62. The van der Waals surface area contributed by atoms with Crippen molar-refractivity contribution in [3.05, 3.63) is 66.5 Å². The maximum absolute atomic E-state index is 13.6. The van der Waals surface area contributed by atoms with Gasteiger partial charge in [0.25, 0.3) is 0 Å². The molecule has 4 rings (SSSR count). The maximum Gasteiger partial charge on any atom is 0.244 e. The Balaban J connectivity index is 1.58. The molecule has 0 spiro atoms. The number of para-hydroxylation sites is 2. The lowest BCUT2D eigenvalue weighted by atomic mass is 9.89. The first-order valence-corrected chi connectivity index (χ1v) is 12.1. The molecule has 0 unspecified atom stereocenters. The molecule has 162 valence electrons. The first kappa shape index (κ1) is 21.6. The van der Waals surface area contributed by atoms with Gasteiger partial charge in [-0.1, -0.05) is 67.4 Å². The number of rotatable bonds is 7. The van der Waals surface area contributed by atoms with E-state index in [1.54, 1.807) is 4.90 Å². The summed E-state index contributed by atoms with van der Waals surface area (Å²) in [5, 5.41) is 9.59. The van der Waals surface area contributed by atoms with Crippen molar-refractivity contribution in [2.24, 2.45) is 0 Å². The molecule has 3 aromatic rings. The van der Waals surface area contributed by atoms with Crippen molar-refractivity contribution in [2.75, 3.05) is 4.90 Å². The molecule has 1 heterocycles. The van der Waals surface area contributed by atoms with Crippen LogP contribution in [0.1, 0.15) is 57.7 Å². The Morgan fingerprint density at radius 1 is 1.00 bits per heavy atom. The van der Waals surface area contributed by atoms with Gasteiger partial charge in [-0.15, -0.1) is 10.2 Å². The second-order valence-corrected chi connectivity index (χ2v) is 9.33. The van der Waals surface area contributed by atoms with Crippen LogP contribution in [-0.4, -0.2) is 25.9 Å². The number of benzene rings is 2. The van der Waals surface area contributed by atoms with Crippen LogP contribution >= 0.6 is 11.8 Å². The first-order valence-electron chi connectivity index (χ1n) is 11.2. The van der Waals surface area contributed by atoms with Gasteiger partial charge in [0.15, 0.2) is 5.16 Å². The molecule has 0 bridgehead atoms. The van der Waals surface area contributed by atoms with Crippen LogP contribution in [-0.2, 0) is 11.3 Å². The van der Waals surface area contributed by atoms with Gasteiger partial charge in [0.05, 0.1) is 5.25 Å². The molecule has 1 aliphatic carbocycles. The predicted octanol–water partition coefficient (Wildman–Crippen LogP) is 6.19. The van der Waals surface area contributed by atoms with E-state index in [0.29, 0.717) is 5.92 Å². The standard InChI is InChI=1S/C25H30N4OS/c1-3-28-23(20-13-7-4-8-14-20)26-27-25(28)31-19(2)24(30)29(21-15-9-5-10-16-21)22-17-11-6-12-18-22/h5-6,9-12,15-20H,3-4,7-8,13-14H2,1-2H3/t19-/m1/s1. The second kappa shape index (κ2) is 10.1. The fourth-order valence-electron chi connectivity index (χ4n) is 4.30. The quantitative estimate of drug-likeness (QED) is 0.416. The van der Waals surface area contributed by atoms with Crippen LogP contribution in [0.4, 0.5) is 11.4 Å². The molecule has 2 aromatic carbocycles. The molecule has 1 aromatic heterocycles. The van der Waals surface area contributed by atoms with Crippen molar-refractivity contribution in [2.45, 2.75) is 68.8 Å². The van der Waals surface area contributed by atoms with Crippen LogP contribution in [0.3, 0.4) is 0 Å². The lowest BCUT2D eigenvalue weighted by molar-refractivity contribution is -0.117.